The number of aromatic nitrogens is 2. The van der Waals surface area contributed by atoms with Crippen molar-refractivity contribution in [2.75, 3.05) is 4.90 Å². The topological polar surface area (TPSA) is 110 Å². The summed E-state index contributed by atoms with van der Waals surface area (Å²) in [4.78, 5) is 47.7. The van der Waals surface area contributed by atoms with E-state index in [1.165, 1.54) is 35.6 Å². The molecule has 1 N–H and O–H groups in total. The molecule has 8 nitrogen and oxygen atoms in total. The number of pyridine rings is 2. The van der Waals surface area contributed by atoms with Crippen LogP contribution in [-0.2, 0) is 14.3 Å². The number of aliphatic hydroxyl groups is 1. The lowest BCUT2D eigenvalue weighted by molar-refractivity contribution is -0.132. The van der Waals surface area contributed by atoms with Gasteiger partial charge in [0.2, 0.25) is 0 Å². The summed E-state index contributed by atoms with van der Waals surface area (Å²) in [6, 6.07) is 11.8. The second-order valence-corrected chi connectivity index (χ2v) is 7.69. The van der Waals surface area contributed by atoms with Crippen molar-refractivity contribution in [3.63, 3.8) is 0 Å². The molecule has 0 bridgehead atoms. The molecule has 3 aromatic rings. The molecule has 1 unspecified atom stereocenters. The molecule has 0 spiro atoms. The van der Waals surface area contributed by atoms with Gasteiger partial charge < -0.3 is 9.84 Å². The molecule has 8 heteroatoms. The third-order valence-electron chi connectivity index (χ3n) is 5.12. The smallest absolute Gasteiger partial charge is 0.338 e. The summed E-state index contributed by atoms with van der Waals surface area (Å²) in [6.07, 6.45) is 5.82. The van der Waals surface area contributed by atoms with Crippen molar-refractivity contribution in [3.8, 4) is 0 Å². The Kier molecular flexibility index (Phi) is 5.99. The van der Waals surface area contributed by atoms with Gasteiger partial charge in [-0.15, -0.1) is 0 Å². The molecule has 1 atom stereocenters. The molecule has 0 radical (unpaired) electrons. The summed E-state index contributed by atoms with van der Waals surface area (Å²) in [6.45, 7) is 3.50. The summed E-state index contributed by atoms with van der Waals surface area (Å²) in [5.74, 6) is -2.40. The normalized spacial score (nSPS) is 17.4. The number of hydrogen-bond donors (Lipinski definition) is 1. The maximum atomic E-state index is 13.1. The van der Waals surface area contributed by atoms with Gasteiger partial charge in [0, 0.05) is 36.0 Å². The fourth-order valence-electron chi connectivity index (χ4n) is 3.66. The van der Waals surface area contributed by atoms with Crippen molar-refractivity contribution in [2.24, 2.45) is 0 Å². The Bertz CT molecular complexity index is 1220. The zero-order valence-corrected chi connectivity index (χ0v) is 18.0. The number of carbonyl (C=O) groups excluding carboxylic acids is 3. The molecule has 1 fully saturated rings. The molecule has 0 saturated carbocycles. The molecular formula is C25H21N3O5. The molecule has 4 rings (SSSR count). The summed E-state index contributed by atoms with van der Waals surface area (Å²) >= 11 is 0. The van der Waals surface area contributed by atoms with E-state index in [0.717, 1.165) is 0 Å². The van der Waals surface area contributed by atoms with Gasteiger partial charge in [0.1, 0.15) is 5.76 Å². The molecule has 166 valence electrons. The highest BCUT2D eigenvalue weighted by atomic mass is 16.5. The van der Waals surface area contributed by atoms with Crippen LogP contribution >= 0.6 is 0 Å². The molecular weight excluding hydrogens is 422 g/mol. The predicted octanol–water partition coefficient (Wildman–Crippen LogP) is 3.67. The number of aliphatic hydroxyl groups excluding tert-OH is 1. The van der Waals surface area contributed by atoms with E-state index >= 15 is 0 Å². The fourth-order valence-corrected chi connectivity index (χ4v) is 3.66. The Balaban J connectivity index is 1.81. The van der Waals surface area contributed by atoms with E-state index in [1.807, 2.05) is 0 Å². The van der Waals surface area contributed by atoms with Gasteiger partial charge in [0.25, 0.3) is 11.7 Å². The number of hydrogen-bond acceptors (Lipinski definition) is 7. The lowest BCUT2D eigenvalue weighted by Crippen LogP contribution is -2.29. The summed E-state index contributed by atoms with van der Waals surface area (Å²) < 4.78 is 5.20. The third-order valence-corrected chi connectivity index (χ3v) is 5.12. The van der Waals surface area contributed by atoms with Crippen molar-refractivity contribution in [3.05, 3.63) is 95.6 Å². The molecule has 1 amide bonds. The molecule has 2 aromatic heterocycles. The molecule has 1 aromatic carbocycles. The minimum Gasteiger partial charge on any atom is -0.507 e. The van der Waals surface area contributed by atoms with Gasteiger partial charge in [-0.3, -0.25) is 24.5 Å². The zero-order chi connectivity index (χ0) is 23.5. The van der Waals surface area contributed by atoms with E-state index in [1.54, 1.807) is 56.4 Å². The Labute approximate surface area is 190 Å². The van der Waals surface area contributed by atoms with Crippen LogP contribution in [0.15, 0.2) is 78.9 Å². The number of carbonyl (C=O) groups is 3. The van der Waals surface area contributed by atoms with Gasteiger partial charge in [-0.2, -0.15) is 0 Å². The number of Topliss-reactive ketones (excluding diaryl/α,β-unsaturated/α-hetero) is 1. The van der Waals surface area contributed by atoms with Crippen LogP contribution in [0.2, 0.25) is 0 Å². The lowest BCUT2D eigenvalue weighted by Gasteiger charge is -2.25. The Morgan fingerprint density at radius 1 is 0.970 bits per heavy atom. The van der Waals surface area contributed by atoms with Gasteiger partial charge in [-0.05, 0) is 61.9 Å². The molecule has 3 heterocycles. The highest BCUT2D eigenvalue weighted by molar-refractivity contribution is 6.51. The average molecular weight is 443 g/mol. The first-order chi connectivity index (χ1) is 15.9. The number of nitrogens with zero attached hydrogens (tertiary/aromatic N) is 3. The molecule has 1 aliphatic heterocycles. The van der Waals surface area contributed by atoms with Gasteiger partial charge in [-0.1, -0.05) is 6.07 Å². The SMILES string of the molecule is CC(C)OC(=O)c1ccc(N2C(=O)C(=O)/C(=C(/O)c3ccncc3)C2c2cccnc2)cc1. The van der Waals surface area contributed by atoms with Crippen molar-refractivity contribution in [1.82, 2.24) is 9.97 Å². The Morgan fingerprint density at radius 3 is 2.27 bits per heavy atom. The maximum Gasteiger partial charge on any atom is 0.338 e. The van der Waals surface area contributed by atoms with E-state index in [-0.39, 0.29) is 17.4 Å². The number of ether oxygens (including phenoxy) is 1. The van der Waals surface area contributed by atoms with E-state index in [4.69, 9.17) is 4.74 Å². The van der Waals surface area contributed by atoms with E-state index in [9.17, 15) is 19.5 Å². The van der Waals surface area contributed by atoms with Crippen molar-refractivity contribution in [1.29, 1.82) is 0 Å². The number of esters is 1. The van der Waals surface area contributed by atoms with Gasteiger partial charge >= 0.3 is 5.97 Å². The maximum absolute atomic E-state index is 13.1. The number of amides is 1. The third kappa shape index (κ3) is 4.23. The minimum atomic E-state index is -0.902. The zero-order valence-electron chi connectivity index (χ0n) is 18.0. The van der Waals surface area contributed by atoms with Crippen molar-refractivity contribution < 1.29 is 24.2 Å². The van der Waals surface area contributed by atoms with Gasteiger partial charge in [0.05, 0.1) is 23.3 Å². The van der Waals surface area contributed by atoms with Crippen LogP contribution in [0.4, 0.5) is 5.69 Å². The van der Waals surface area contributed by atoms with Gasteiger partial charge in [0.15, 0.2) is 0 Å². The monoisotopic (exact) mass is 443 g/mol. The summed E-state index contributed by atoms with van der Waals surface area (Å²) in [5, 5.41) is 11.0. The lowest BCUT2D eigenvalue weighted by atomic mass is 9.96. The second kappa shape index (κ2) is 9.04. The first kappa shape index (κ1) is 21.9. The Hall–Kier alpha value is -4.33. The summed E-state index contributed by atoms with van der Waals surface area (Å²) in [5.41, 5.74) is 1.57. The standard InChI is InChI=1S/C25H21N3O5/c1-15(2)33-25(32)17-5-7-19(8-6-17)28-21(18-4-3-11-27-14-18)20(23(30)24(28)31)22(29)16-9-12-26-13-10-16/h3-15,21,29H,1-2H3/b22-20+. The predicted molar refractivity (Wildman–Crippen MR) is 120 cm³/mol. The minimum absolute atomic E-state index is 0.0532. The molecule has 0 aliphatic carbocycles. The van der Waals surface area contributed by atoms with Crippen LogP contribution in [0.5, 0.6) is 0 Å². The van der Waals surface area contributed by atoms with Crippen LogP contribution in [0.25, 0.3) is 5.76 Å². The van der Waals surface area contributed by atoms with Crippen molar-refractivity contribution >= 4 is 29.1 Å². The first-order valence-electron chi connectivity index (χ1n) is 10.3. The highest BCUT2D eigenvalue weighted by Crippen LogP contribution is 2.41. The quantitative estimate of drug-likeness (QED) is 0.277. The van der Waals surface area contributed by atoms with Crippen molar-refractivity contribution in [2.45, 2.75) is 26.0 Å². The van der Waals surface area contributed by atoms with Crippen LogP contribution < -0.4 is 4.90 Å². The Morgan fingerprint density at radius 2 is 1.67 bits per heavy atom. The van der Waals surface area contributed by atoms with Crippen LogP contribution in [0.1, 0.15) is 41.4 Å². The second-order valence-electron chi connectivity index (χ2n) is 7.69. The number of ketones is 1. The van der Waals surface area contributed by atoms with E-state index in [2.05, 4.69) is 9.97 Å². The molecule has 1 aliphatic rings. The van der Waals surface area contributed by atoms with Crippen LogP contribution in [0, 0.1) is 0 Å². The average Bonchev–Trinajstić information content (AvgIpc) is 3.10. The number of benzene rings is 1. The van der Waals surface area contributed by atoms with Crippen LogP contribution in [0.3, 0.4) is 0 Å². The van der Waals surface area contributed by atoms with E-state index in [0.29, 0.717) is 22.4 Å². The number of rotatable bonds is 5. The van der Waals surface area contributed by atoms with Gasteiger partial charge in [-0.25, -0.2) is 4.79 Å². The number of anilines is 1. The fraction of sp³-hybridized carbons (Fsp3) is 0.160. The first-order valence-corrected chi connectivity index (χ1v) is 10.3. The highest BCUT2D eigenvalue weighted by Gasteiger charge is 2.47. The molecule has 33 heavy (non-hydrogen) atoms. The summed E-state index contributed by atoms with van der Waals surface area (Å²) in [7, 11) is 0. The largest absolute Gasteiger partial charge is 0.507 e. The van der Waals surface area contributed by atoms with E-state index < -0.39 is 23.7 Å². The molecule has 1 saturated heterocycles. The van der Waals surface area contributed by atoms with Crippen LogP contribution in [-0.4, -0.2) is 38.8 Å².